The van der Waals surface area contributed by atoms with Gasteiger partial charge in [-0.2, -0.15) is 0 Å². The fourth-order valence-electron chi connectivity index (χ4n) is 0. The molecule has 0 fully saturated rings. The summed E-state index contributed by atoms with van der Waals surface area (Å²) in [6, 6.07) is 0. The van der Waals surface area contributed by atoms with Gasteiger partial charge < -0.3 is 14.7 Å². The van der Waals surface area contributed by atoms with Crippen LogP contribution in [0.4, 0.5) is 0 Å². The molecule has 0 aromatic rings. The van der Waals surface area contributed by atoms with Crippen molar-refractivity contribution in [3.8, 4) is 0 Å². The molecule has 0 saturated heterocycles. The van der Waals surface area contributed by atoms with Gasteiger partial charge in [0.15, 0.2) is 0 Å². The van der Waals surface area contributed by atoms with Crippen molar-refractivity contribution >= 4 is 30.9 Å². The molecular formula is H3CrMgO8P. The average Bonchev–Trinajstić information content (AvgIpc) is 1.12. The Hall–Kier alpha value is 0.929. The second-order valence-electron chi connectivity index (χ2n) is 0.922. The Bertz CT molecular complexity index is 192. The van der Waals surface area contributed by atoms with Gasteiger partial charge in [-0.05, 0) is 0 Å². The Balaban J connectivity index is -0.000000107. The number of hydrogen-bond acceptors (Lipinski definition) is 5. The molecule has 0 aromatic heterocycles. The van der Waals surface area contributed by atoms with Gasteiger partial charge in [0.1, 0.15) is 0 Å². The third-order valence-electron chi connectivity index (χ3n) is 0. The van der Waals surface area contributed by atoms with E-state index < -0.39 is 21.4 Å². The average molecular weight is 238 g/mol. The molecule has 0 heterocycles. The molecule has 0 amide bonds. The standard InChI is InChI=1S/Cr.Mg.H3O4P.4O/c;;1-5(2,3)4;;;;/h;;(H3,1,2,3,4);;;;/q;+2;;;;2*-1. The topological polar surface area (TPSA) is 158 Å². The third-order valence-corrected chi connectivity index (χ3v) is 0. The van der Waals surface area contributed by atoms with Gasteiger partial charge in [0.25, 0.3) is 0 Å². The third kappa shape index (κ3) is 1010. The van der Waals surface area contributed by atoms with Crippen LogP contribution in [-0.4, -0.2) is 37.7 Å². The van der Waals surface area contributed by atoms with Crippen LogP contribution in [0.5, 0.6) is 0 Å². The zero-order chi connectivity index (χ0) is 9.00. The van der Waals surface area contributed by atoms with Crippen LogP contribution in [0.2, 0.25) is 0 Å². The van der Waals surface area contributed by atoms with Crippen LogP contribution in [0.3, 0.4) is 0 Å². The molecule has 0 aliphatic carbocycles. The summed E-state index contributed by atoms with van der Waals surface area (Å²) in [5.74, 6) is 0. The summed E-state index contributed by atoms with van der Waals surface area (Å²) >= 11 is -5.75. The summed E-state index contributed by atoms with van der Waals surface area (Å²) in [5.41, 5.74) is 0. The number of phosphoric acid groups is 1. The molecular weight excluding hydrogens is 235 g/mol. The van der Waals surface area contributed by atoms with E-state index >= 15 is 0 Å². The summed E-state index contributed by atoms with van der Waals surface area (Å²) in [7, 11) is -4.64. The van der Waals surface area contributed by atoms with Crippen molar-refractivity contribution in [3.63, 3.8) is 0 Å². The normalized spacial score (nSPS) is 10.6. The quantitative estimate of drug-likeness (QED) is 0.285. The molecule has 0 aromatic carbocycles. The summed E-state index contributed by atoms with van der Waals surface area (Å²) in [6.45, 7) is 0. The maximum atomic E-state index is 8.88. The van der Waals surface area contributed by atoms with Crippen molar-refractivity contribution in [1.29, 1.82) is 0 Å². The van der Waals surface area contributed by atoms with Gasteiger partial charge in [-0.1, -0.05) is 0 Å². The first kappa shape index (κ1) is 17.9. The van der Waals surface area contributed by atoms with E-state index in [0.29, 0.717) is 0 Å². The fraction of sp³-hybridized carbons (Fsp3) is 0. The molecule has 0 unspecified atom stereocenters. The molecule has 8 nitrogen and oxygen atoms in total. The summed E-state index contributed by atoms with van der Waals surface area (Å²) < 4.78 is 43.3. The van der Waals surface area contributed by atoms with E-state index in [0.717, 1.165) is 0 Å². The molecule has 0 radical (unpaired) electrons. The van der Waals surface area contributed by atoms with Gasteiger partial charge in [0.05, 0.1) is 0 Å². The van der Waals surface area contributed by atoms with E-state index in [9.17, 15) is 0 Å². The van der Waals surface area contributed by atoms with Crippen molar-refractivity contribution in [2.24, 2.45) is 0 Å². The van der Waals surface area contributed by atoms with Crippen LogP contribution in [0, 0.1) is 0 Å². The molecule has 0 aliphatic heterocycles. The van der Waals surface area contributed by atoms with E-state index in [4.69, 9.17) is 35.2 Å². The van der Waals surface area contributed by atoms with Crippen molar-refractivity contribution < 1.29 is 48.8 Å². The molecule has 0 atom stereocenters. The summed E-state index contributed by atoms with van der Waals surface area (Å²) in [5, 5.41) is 0. The van der Waals surface area contributed by atoms with Gasteiger partial charge in [-0.25, -0.2) is 4.57 Å². The molecule has 3 N–H and O–H groups in total. The Morgan fingerprint density at radius 1 is 1.09 bits per heavy atom. The summed E-state index contributed by atoms with van der Waals surface area (Å²) in [6.07, 6.45) is 0. The molecule has 0 spiro atoms. The van der Waals surface area contributed by atoms with Crippen LogP contribution in [0.15, 0.2) is 0 Å². The van der Waals surface area contributed by atoms with E-state index in [2.05, 4.69) is 0 Å². The van der Waals surface area contributed by atoms with Gasteiger partial charge in [0, 0.05) is 0 Å². The van der Waals surface area contributed by atoms with E-state index in [1.165, 1.54) is 0 Å². The minimum absolute atomic E-state index is 0. The second-order valence-corrected chi connectivity index (χ2v) is 3.22. The predicted molar refractivity (Wildman–Crippen MR) is 21.4 cm³/mol. The first-order valence-corrected chi connectivity index (χ1v) is 5.10. The van der Waals surface area contributed by atoms with Crippen LogP contribution >= 0.6 is 7.82 Å². The van der Waals surface area contributed by atoms with Crippen molar-refractivity contribution in [1.82, 2.24) is 0 Å². The second kappa shape index (κ2) is 6.45. The fourth-order valence-corrected chi connectivity index (χ4v) is 0. The SMILES string of the molecule is O=P(O)(O)O.[Mg+2].[O]=[Cr](=[O])([O-])[O-]. The monoisotopic (exact) mass is 238 g/mol. The van der Waals surface area contributed by atoms with Gasteiger partial charge >= 0.3 is 60.4 Å². The zero-order valence-corrected chi connectivity index (χ0v) is 8.53. The van der Waals surface area contributed by atoms with Gasteiger partial charge in [-0.15, -0.1) is 0 Å². The number of rotatable bonds is 0. The number of hydrogen-bond donors (Lipinski definition) is 3. The van der Waals surface area contributed by atoms with Gasteiger partial charge in [0.2, 0.25) is 0 Å². The molecule has 11 heteroatoms. The Kier molecular flexibility index (Phi) is 10.5. The van der Waals surface area contributed by atoms with E-state index in [1.54, 1.807) is 0 Å². The first-order valence-electron chi connectivity index (χ1n) is 1.45. The van der Waals surface area contributed by atoms with Crippen LogP contribution in [0.25, 0.3) is 0 Å². The van der Waals surface area contributed by atoms with E-state index in [-0.39, 0.29) is 23.1 Å². The molecule has 0 saturated carbocycles. The molecule has 64 valence electrons. The summed E-state index contributed by atoms with van der Waals surface area (Å²) in [4.78, 5) is 21.6. The Labute approximate surface area is 79.6 Å². The van der Waals surface area contributed by atoms with Gasteiger partial charge in [-0.3, -0.25) is 0 Å². The van der Waals surface area contributed by atoms with Crippen LogP contribution in [-0.2, 0) is 25.8 Å². The Morgan fingerprint density at radius 3 is 1.09 bits per heavy atom. The minimum atomic E-state index is -5.75. The molecule has 0 rings (SSSR count). The molecule has 11 heavy (non-hydrogen) atoms. The van der Waals surface area contributed by atoms with E-state index in [1.807, 2.05) is 0 Å². The van der Waals surface area contributed by atoms with Crippen molar-refractivity contribution in [2.75, 3.05) is 0 Å². The van der Waals surface area contributed by atoms with Crippen LogP contribution < -0.4 is 8.32 Å². The maximum absolute atomic E-state index is 8.88. The molecule has 0 bridgehead atoms. The zero-order valence-electron chi connectivity index (χ0n) is 4.95. The van der Waals surface area contributed by atoms with Crippen molar-refractivity contribution in [3.05, 3.63) is 0 Å². The van der Waals surface area contributed by atoms with Crippen molar-refractivity contribution in [2.45, 2.75) is 0 Å². The Morgan fingerprint density at radius 2 is 1.09 bits per heavy atom. The first-order chi connectivity index (χ1) is 4.00. The predicted octanol–water partition coefficient (Wildman–Crippen LogP) is -3.93. The van der Waals surface area contributed by atoms with Crippen LogP contribution in [0.1, 0.15) is 0 Å². The molecule has 0 aliphatic rings.